The Morgan fingerprint density at radius 2 is 0.765 bits per heavy atom. The maximum absolute atomic E-state index is 10.1. The third-order valence-corrected chi connectivity index (χ3v) is 11.1. The van der Waals surface area contributed by atoms with Crippen LogP contribution in [-0.4, -0.2) is 24.1 Å². The molecule has 0 fully saturated rings. The largest absolute Gasteiger partial charge is 0.307 e. The molecule has 0 unspecified atom stereocenters. The van der Waals surface area contributed by atoms with Crippen LogP contribution in [-0.2, 0) is 0 Å². The van der Waals surface area contributed by atoms with Crippen LogP contribution in [0.15, 0.2) is 236 Å². The summed E-state index contributed by atoms with van der Waals surface area (Å²) in [6, 6.07) is -33.3. The Bertz CT molecular complexity index is 6460. The zero-order valence-corrected chi connectivity index (χ0v) is 33.9. The highest BCUT2D eigenvalue weighted by Crippen LogP contribution is 2.43. The van der Waals surface area contributed by atoms with Crippen molar-refractivity contribution in [3.8, 4) is 56.7 Å². The van der Waals surface area contributed by atoms with Crippen molar-refractivity contribution in [1.29, 1.82) is 0 Å². The van der Waals surface area contributed by atoms with E-state index in [1.807, 2.05) is 0 Å². The van der Waals surface area contributed by atoms with Gasteiger partial charge in [0.15, 0.2) is 11.6 Å². The Balaban J connectivity index is 1.19. The number of para-hydroxylation sites is 2. The fraction of sp³-hybridized carbons (Fsp3) is 0. The van der Waals surface area contributed by atoms with Gasteiger partial charge < -0.3 is 4.57 Å². The van der Waals surface area contributed by atoms with Crippen molar-refractivity contribution in [2.45, 2.75) is 0 Å². The molecular weight excluding hydrogens is 827 g/mol. The minimum absolute atomic E-state index is 0.499. The van der Waals surface area contributed by atoms with Gasteiger partial charge in [-0.2, -0.15) is 9.97 Å². The van der Waals surface area contributed by atoms with Crippen LogP contribution in [0, 0.1) is 0 Å². The molecule has 0 spiro atoms. The molecule has 3 aromatic heterocycles. The van der Waals surface area contributed by atoms with Gasteiger partial charge in [-0.05, 0) is 90.9 Å². The lowest BCUT2D eigenvalue weighted by molar-refractivity contribution is 0.953. The van der Waals surface area contributed by atoms with Gasteiger partial charge >= 0.3 is 0 Å². The molecule has 0 radical (unpaired) electrons. The number of benzene rings is 11. The van der Waals surface area contributed by atoms with E-state index >= 15 is 0 Å². The van der Waals surface area contributed by atoms with E-state index in [2.05, 4.69) is 15.0 Å². The first-order chi connectivity index (χ1) is 49.1. The molecule has 5 nitrogen and oxygen atoms in total. The van der Waals surface area contributed by atoms with Crippen molar-refractivity contribution >= 4 is 75.9 Å². The Morgan fingerprint density at radius 3 is 1.49 bits per heavy atom. The van der Waals surface area contributed by atoms with E-state index in [0.717, 1.165) is 21.3 Å². The summed E-state index contributed by atoms with van der Waals surface area (Å²) in [6.45, 7) is 0. The van der Waals surface area contributed by atoms with E-state index in [9.17, 15) is 19.2 Å². The van der Waals surface area contributed by atoms with Crippen molar-refractivity contribution in [1.82, 2.24) is 24.1 Å². The smallest absolute Gasteiger partial charge is 0.238 e. The summed E-state index contributed by atoms with van der Waals surface area (Å²) in [5.41, 5.74) is -8.34. The van der Waals surface area contributed by atoms with Crippen molar-refractivity contribution in [2.24, 2.45) is 0 Å². The highest BCUT2D eigenvalue weighted by Gasteiger charge is 2.24. The number of fused-ring (bicyclic) bond motifs is 13. The number of hydrogen-bond donors (Lipinski definition) is 0. The van der Waals surface area contributed by atoms with Crippen LogP contribution >= 0.6 is 0 Å². The molecule has 0 N–H and O–H groups in total. The van der Waals surface area contributed by atoms with Gasteiger partial charge in [0.1, 0.15) is 0 Å². The van der Waals surface area contributed by atoms with Crippen LogP contribution in [0.3, 0.4) is 0 Å². The Hall–Kier alpha value is -9.19. The van der Waals surface area contributed by atoms with Gasteiger partial charge in [0.05, 0.1) is 72.8 Å². The molecule has 0 amide bonds. The van der Waals surface area contributed by atoms with Gasteiger partial charge in [-0.25, -0.2) is 4.98 Å². The van der Waals surface area contributed by atoms with E-state index in [-0.39, 0.29) is 0 Å². The summed E-state index contributed by atoms with van der Waals surface area (Å²) in [4.78, 5) is 13.7. The van der Waals surface area contributed by atoms with Gasteiger partial charge in [0, 0.05) is 38.4 Å². The predicted molar refractivity (Wildman–Crippen MR) is 283 cm³/mol. The van der Waals surface area contributed by atoms with Gasteiger partial charge in [-0.1, -0.05) is 199 Å². The zero-order chi connectivity index (χ0) is 76.9. The summed E-state index contributed by atoms with van der Waals surface area (Å²) < 4.78 is 340. The predicted octanol–water partition coefficient (Wildman–Crippen LogP) is 16.2. The normalized spacial score (nSPS) is 19.4. The van der Waals surface area contributed by atoms with Crippen molar-refractivity contribution < 1.29 is 50.7 Å². The van der Waals surface area contributed by atoms with Crippen LogP contribution in [0.2, 0.25) is 0 Å². The summed E-state index contributed by atoms with van der Waals surface area (Å²) in [6.07, 6.45) is 0. The first-order valence-electron chi connectivity index (χ1n) is 38.6. The third-order valence-electron chi connectivity index (χ3n) is 11.1. The van der Waals surface area contributed by atoms with Crippen molar-refractivity contribution in [2.75, 3.05) is 0 Å². The second kappa shape index (κ2) is 15.2. The molecule has 316 valence electrons. The standard InChI is InChI=1S/C63H39N5/c1-3-16-40(17-4-1)43-20-15-21-45(38-43)62-64-61(42-18-5-2-6-19-42)65-63(66-62)68-58-29-14-12-27-53(58)55-37-36-54-52-26-11-13-28-57(52)67(59(54)60(55)68)46-33-30-41(31-34-46)44-32-35-51-49-24-8-7-22-47(49)48-23-9-10-25-50(48)56(51)39-44/h1-39H/i1D,2D,3D,4D,5D,6D,7D,8D,9D,10D,11D,12D,13D,14D,15D,16D,17D,18D,19D,20D,21D,22D,23D,24D,25D,26D,27D,28D,30D,31D,32D,33D,35D,36D,37D,38D,39D. The highest BCUT2D eigenvalue weighted by atomic mass is 15.2. The number of hydrogen-bond acceptors (Lipinski definition) is 3. The summed E-state index contributed by atoms with van der Waals surface area (Å²) in [5.74, 6) is -2.92. The van der Waals surface area contributed by atoms with Crippen LogP contribution in [0.1, 0.15) is 50.7 Å². The molecule has 68 heavy (non-hydrogen) atoms. The van der Waals surface area contributed by atoms with E-state index in [1.54, 1.807) is 0 Å². The maximum Gasteiger partial charge on any atom is 0.238 e. The summed E-state index contributed by atoms with van der Waals surface area (Å²) >= 11 is 0. The molecule has 0 aliphatic rings. The lowest BCUT2D eigenvalue weighted by atomic mass is 9.92. The minimum atomic E-state index is -1.12. The van der Waals surface area contributed by atoms with Crippen molar-refractivity contribution in [3.63, 3.8) is 0 Å². The Labute approximate surface area is 443 Å². The molecule has 0 aliphatic carbocycles. The second-order valence-corrected chi connectivity index (χ2v) is 14.7. The van der Waals surface area contributed by atoms with E-state index in [0.29, 0.717) is 0 Å². The molecular formula is C63H39N5. The average molecular weight is 903 g/mol. The fourth-order valence-electron chi connectivity index (χ4n) is 8.20. The summed E-state index contributed by atoms with van der Waals surface area (Å²) in [7, 11) is 0. The number of aromatic nitrogens is 5. The lowest BCUT2D eigenvalue weighted by Gasteiger charge is -2.14. The summed E-state index contributed by atoms with van der Waals surface area (Å²) in [5, 5.41) is -5.69. The van der Waals surface area contributed by atoms with E-state index in [4.69, 9.17) is 31.5 Å². The minimum Gasteiger partial charge on any atom is -0.307 e. The van der Waals surface area contributed by atoms with Gasteiger partial charge in [0.2, 0.25) is 5.95 Å². The monoisotopic (exact) mass is 903 g/mol. The Kier molecular flexibility index (Phi) is 3.71. The van der Waals surface area contributed by atoms with E-state index in [1.165, 1.54) is 0 Å². The highest BCUT2D eigenvalue weighted by molar-refractivity contribution is 6.26. The molecule has 14 rings (SSSR count). The molecule has 5 heteroatoms. The molecule has 0 saturated heterocycles. The zero-order valence-electron chi connectivity index (χ0n) is 70.9. The molecule has 0 bridgehead atoms. The van der Waals surface area contributed by atoms with E-state index < -0.39 is 356 Å². The molecule has 11 aromatic carbocycles. The van der Waals surface area contributed by atoms with Crippen LogP contribution in [0.25, 0.3) is 133 Å². The molecule has 14 aromatic rings. The van der Waals surface area contributed by atoms with Crippen LogP contribution in [0.5, 0.6) is 0 Å². The van der Waals surface area contributed by atoms with Gasteiger partial charge in [-0.15, -0.1) is 0 Å². The SMILES string of the molecule is [2H]c1cc2c(c([2H])c1[2H])c1c([2H])c([2H])c3c4c([2H])c([2H])c([2H])c([2H])c4n(-c4cc([2H])c(-c5c([2H])c([2H])c6c7c([2H])c([2H])c([2H])c([2H])c7c7c([2H])c([2H])c([2H])c([2H])c7c6c5[2H])c([2H])c4[2H])c3c1n2-c1nc(-c2c([2H])c([2H])c([2H])c([2H])c2[2H])nc(-c2c([2H])c([2H])c([2H])c(-c3c([2H])c([2H])c([2H])c([2H])c3[2H])c2[2H])n1. The second-order valence-electron chi connectivity index (χ2n) is 14.7. The van der Waals surface area contributed by atoms with Gasteiger partial charge in [0.25, 0.3) is 0 Å². The molecule has 3 heterocycles. The Morgan fingerprint density at radius 1 is 0.279 bits per heavy atom. The topological polar surface area (TPSA) is 48.5 Å². The first kappa shape index (κ1) is 16.6. The quantitative estimate of drug-likeness (QED) is 0.156. The third kappa shape index (κ3) is 5.93. The molecule has 0 saturated carbocycles. The van der Waals surface area contributed by atoms with Crippen LogP contribution < -0.4 is 0 Å². The maximum atomic E-state index is 10.1. The van der Waals surface area contributed by atoms with Crippen molar-refractivity contribution in [3.05, 3.63) is 236 Å². The van der Waals surface area contributed by atoms with Gasteiger partial charge in [-0.3, -0.25) is 4.57 Å². The fourth-order valence-corrected chi connectivity index (χ4v) is 8.20. The van der Waals surface area contributed by atoms with Crippen LogP contribution in [0.4, 0.5) is 0 Å². The molecule has 0 atom stereocenters. The number of nitrogens with zero attached hydrogens (tertiary/aromatic N) is 5. The molecule has 0 aliphatic heterocycles. The number of rotatable bonds is 6. The first-order valence-corrected chi connectivity index (χ1v) is 20.1. The lowest BCUT2D eigenvalue weighted by Crippen LogP contribution is -2.07. The average Bonchev–Trinajstić information content (AvgIpc) is 1.58.